The second-order valence-electron chi connectivity index (χ2n) is 8.46. The highest BCUT2D eigenvalue weighted by atomic mass is 16.5. The van der Waals surface area contributed by atoms with E-state index in [0.29, 0.717) is 47.8 Å². The van der Waals surface area contributed by atoms with Crippen LogP contribution in [0.1, 0.15) is 12.8 Å². The summed E-state index contributed by atoms with van der Waals surface area (Å²) in [5.41, 5.74) is 7.15. The van der Waals surface area contributed by atoms with Gasteiger partial charge in [0.05, 0.1) is 38.6 Å². The van der Waals surface area contributed by atoms with E-state index in [4.69, 9.17) is 29.9 Å². The molecule has 3 N–H and O–H groups in total. The molecule has 1 aromatic carbocycles. The molecule has 1 aliphatic rings. The van der Waals surface area contributed by atoms with Gasteiger partial charge in [-0.3, -0.25) is 4.79 Å². The van der Waals surface area contributed by atoms with Crippen LogP contribution in [0.2, 0.25) is 0 Å². The number of nitrogens with two attached hydrogens (primary N) is 1. The number of carbonyl (C=O) groups is 1. The standard InChI is InChI=1S/C24H28N8O4/c1-30-9-7-15-22(28-24(29-23(15)30)32-8-5-6-16(32)21(25)33)27-19-12-31(13-26-19)14-10-17(34-2)20(36-4)18(11-14)35-3/h7,9-13,16H,5-6,8H2,1-4H3,(H2,25,33)(H,27,28,29)/t16-/m0/s1. The van der Waals surface area contributed by atoms with Gasteiger partial charge >= 0.3 is 0 Å². The van der Waals surface area contributed by atoms with Crippen LogP contribution in [-0.2, 0) is 11.8 Å². The fourth-order valence-electron chi connectivity index (χ4n) is 4.52. The molecule has 12 nitrogen and oxygen atoms in total. The number of hydrogen-bond acceptors (Lipinski definition) is 9. The number of fused-ring (bicyclic) bond motifs is 1. The van der Waals surface area contributed by atoms with Gasteiger partial charge in [0.15, 0.2) is 11.5 Å². The molecule has 4 heterocycles. The number of aryl methyl sites for hydroxylation is 1. The normalized spacial score (nSPS) is 15.3. The van der Waals surface area contributed by atoms with E-state index in [1.54, 1.807) is 27.7 Å². The average Bonchev–Trinajstić information content (AvgIpc) is 3.63. The minimum Gasteiger partial charge on any atom is -0.493 e. The topological polar surface area (TPSA) is 135 Å². The molecular formula is C24H28N8O4. The number of ether oxygens (including phenoxy) is 3. The number of hydrogen-bond donors (Lipinski definition) is 2. The number of anilines is 3. The Hall–Kier alpha value is -4.48. The van der Waals surface area contributed by atoms with Crippen molar-refractivity contribution >= 4 is 34.5 Å². The number of imidazole rings is 1. The number of nitrogens with zero attached hydrogens (tertiary/aromatic N) is 6. The monoisotopic (exact) mass is 492 g/mol. The molecule has 36 heavy (non-hydrogen) atoms. The molecule has 1 saturated heterocycles. The lowest BCUT2D eigenvalue weighted by Crippen LogP contribution is -2.41. The van der Waals surface area contributed by atoms with Gasteiger partial charge in [-0.15, -0.1) is 0 Å². The third-order valence-corrected chi connectivity index (χ3v) is 6.33. The lowest BCUT2D eigenvalue weighted by Gasteiger charge is -2.22. The summed E-state index contributed by atoms with van der Waals surface area (Å²) in [5.74, 6) is 2.83. The molecule has 0 radical (unpaired) electrons. The highest BCUT2D eigenvalue weighted by Crippen LogP contribution is 2.39. The van der Waals surface area contributed by atoms with E-state index in [9.17, 15) is 4.79 Å². The van der Waals surface area contributed by atoms with E-state index in [-0.39, 0.29) is 5.91 Å². The lowest BCUT2D eigenvalue weighted by atomic mass is 10.2. The van der Waals surface area contributed by atoms with Gasteiger partial charge in [0.25, 0.3) is 0 Å². The minimum absolute atomic E-state index is 0.373. The summed E-state index contributed by atoms with van der Waals surface area (Å²) in [6, 6.07) is 5.19. The first-order valence-electron chi connectivity index (χ1n) is 11.4. The summed E-state index contributed by atoms with van der Waals surface area (Å²) >= 11 is 0. The first-order valence-corrected chi connectivity index (χ1v) is 11.4. The molecule has 188 valence electrons. The van der Waals surface area contributed by atoms with Gasteiger partial charge in [-0.2, -0.15) is 9.97 Å². The van der Waals surface area contributed by atoms with Crippen molar-refractivity contribution in [2.24, 2.45) is 12.8 Å². The van der Waals surface area contributed by atoms with Crippen molar-refractivity contribution in [3.05, 3.63) is 36.9 Å². The van der Waals surface area contributed by atoms with Gasteiger partial charge in [-0.25, -0.2) is 4.98 Å². The molecule has 0 spiro atoms. The summed E-state index contributed by atoms with van der Waals surface area (Å²) in [6.07, 6.45) is 6.96. The molecule has 4 aromatic rings. The van der Waals surface area contributed by atoms with Crippen LogP contribution < -0.4 is 30.2 Å². The predicted octanol–water partition coefficient (Wildman–Crippen LogP) is 2.38. The number of primary amides is 1. The van der Waals surface area contributed by atoms with E-state index < -0.39 is 6.04 Å². The van der Waals surface area contributed by atoms with Crippen LogP contribution in [0.15, 0.2) is 36.9 Å². The van der Waals surface area contributed by atoms with Crippen molar-refractivity contribution in [3.63, 3.8) is 0 Å². The number of rotatable bonds is 8. The zero-order chi connectivity index (χ0) is 25.4. The molecule has 0 saturated carbocycles. The number of benzene rings is 1. The molecule has 0 aliphatic carbocycles. The number of nitrogens with one attached hydrogen (secondary N) is 1. The summed E-state index contributed by atoms with van der Waals surface area (Å²) in [6.45, 7) is 0.665. The molecule has 12 heteroatoms. The van der Waals surface area contributed by atoms with Crippen LogP contribution in [0, 0.1) is 0 Å². The van der Waals surface area contributed by atoms with E-state index in [1.165, 1.54) is 0 Å². The zero-order valence-corrected chi connectivity index (χ0v) is 20.6. The Balaban J connectivity index is 1.51. The maximum absolute atomic E-state index is 12.0. The second kappa shape index (κ2) is 9.29. The van der Waals surface area contributed by atoms with Crippen LogP contribution in [0.25, 0.3) is 16.7 Å². The van der Waals surface area contributed by atoms with Crippen molar-refractivity contribution in [2.75, 3.05) is 38.1 Å². The number of aromatic nitrogens is 5. The Labute approximate surface area is 207 Å². The molecular weight excluding hydrogens is 464 g/mol. The molecule has 0 unspecified atom stereocenters. The smallest absolute Gasteiger partial charge is 0.240 e. The molecule has 1 aliphatic heterocycles. The lowest BCUT2D eigenvalue weighted by molar-refractivity contribution is -0.119. The fraction of sp³-hybridized carbons (Fsp3) is 0.333. The van der Waals surface area contributed by atoms with Crippen LogP contribution in [0.4, 0.5) is 17.6 Å². The molecule has 1 fully saturated rings. The average molecular weight is 493 g/mol. The largest absolute Gasteiger partial charge is 0.493 e. The summed E-state index contributed by atoms with van der Waals surface area (Å²) in [7, 11) is 6.62. The Morgan fingerprint density at radius 2 is 1.89 bits per heavy atom. The number of amides is 1. The first-order chi connectivity index (χ1) is 17.4. The van der Waals surface area contributed by atoms with E-state index in [1.807, 2.05) is 51.7 Å². The summed E-state index contributed by atoms with van der Waals surface area (Å²) in [4.78, 5) is 27.8. The highest BCUT2D eigenvalue weighted by molar-refractivity contribution is 5.91. The van der Waals surface area contributed by atoms with Crippen LogP contribution in [0.3, 0.4) is 0 Å². The summed E-state index contributed by atoms with van der Waals surface area (Å²) in [5, 5.41) is 4.14. The van der Waals surface area contributed by atoms with Gasteiger partial charge in [-0.1, -0.05) is 0 Å². The van der Waals surface area contributed by atoms with Crippen LogP contribution in [-0.4, -0.2) is 63.9 Å². The van der Waals surface area contributed by atoms with Crippen LogP contribution in [0.5, 0.6) is 17.2 Å². The molecule has 3 aromatic heterocycles. The highest BCUT2D eigenvalue weighted by Gasteiger charge is 2.31. The third-order valence-electron chi connectivity index (χ3n) is 6.33. The fourth-order valence-corrected chi connectivity index (χ4v) is 4.52. The van der Waals surface area contributed by atoms with Gasteiger partial charge in [0.1, 0.15) is 29.7 Å². The van der Waals surface area contributed by atoms with Crippen molar-refractivity contribution in [1.29, 1.82) is 0 Å². The molecule has 0 bridgehead atoms. The van der Waals surface area contributed by atoms with Gasteiger partial charge < -0.3 is 39.3 Å². The van der Waals surface area contributed by atoms with Crippen molar-refractivity contribution in [2.45, 2.75) is 18.9 Å². The van der Waals surface area contributed by atoms with Gasteiger partial charge in [0.2, 0.25) is 17.6 Å². The van der Waals surface area contributed by atoms with Crippen molar-refractivity contribution in [3.8, 4) is 22.9 Å². The molecule has 1 amide bonds. The van der Waals surface area contributed by atoms with E-state index >= 15 is 0 Å². The third kappa shape index (κ3) is 4.00. The second-order valence-corrected chi connectivity index (χ2v) is 8.46. The maximum Gasteiger partial charge on any atom is 0.240 e. The molecule has 1 atom stereocenters. The predicted molar refractivity (Wildman–Crippen MR) is 135 cm³/mol. The Morgan fingerprint density at radius 3 is 2.56 bits per heavy atom. The van der Waals surface area contributed by atoms with E-state index in [2.05, 4.69) is 10.3 Å². The Bertz CT molecular complexity index is 1400. The van der Waals surface area contributed by atoms with Gasteiger partial charge in [0, 0.05) is 31.9 Å². The first kappa shape index (κ1) is 23.3. The molecule has 5 rings (SSSR count). The Morgan fingerprint density at radius 1 is 1.14 bits per heavy atom. The van der Waals surface area contributed by atoms with Gasteiger partial charge in [-0.05, 0) is 18.9 Å². The SMILES string of the molecule is COc1cc(-n2cnc(Nc3nc(N4CCC[C@H]4C(N)=O)nc4c3ccn4C)c2)cc(OC)c1OC. The zero-order valence-electron chi connectivity index (χ0n) is 20.6. The number of methoxy groups -OCH3 is 3. The quantitative estimate of drug-likeness (QED) is 0.380. The maximum atomic E-state index is 12.0. The minimum atomic E-state index is -0.421. The van der Waals surface area contributed by atoms with Crippen molar-refractivity contribution < 1.29 is 19.0 Å². The van der Waals surface area contributed by atoms with E-state index in [0.717, 1.165) is 23.1 Å². The van der Waals surface area contributed by atoms with Crippen LogP contribution >= 0.6 is 0 Å². The Kier molecular flexibility index (Phi) is 6.00. The summed E-state index contributed by atoms with van der Waals surface area (Å²) < 4.78 is 20.1. The number of carbonyl (C=O) groups excluding carboxylic acids is 1. The van der Waals surface area contributed by atoms with Crippen molar-refractivity contribution in [1.82, 2.24) is 24.1 Å².